The Morgan fingerprint density at radius 2 is 1.00 bits per heavy atom. The fraction of sp³-hybridized carbons (Fsp3) is 0.390. The van der Waals surface area contributed by atoms with E-state index in [-0.39, 0.29) is 16.2 Å². The van der Waals surface area contributed by atoms with Crippen molar-refractivity contribution in [3.63, 3.8) is 0 Å². The van der Waals surface area contributed by atoms with Gasteiger partial charge in [-0.1, -0.05) is 128 Å². The highest BCUT2D eigenvalue weighted by molar-refractivity contribution is 6.37. The van der Waals surface area contributed by atoms with Crippen molar-refractivity contribution < 1.29 is 0 Å². The smallest absolute Gasteiger partial charge is 0.0887 e. The van der Waals surface area contributed by atoms with Crippen LogP contribution in [-0.2, 0) is 41.9 Å². The zero-order valence-corrected chi connectivity index (χ0v) is 39.5. The summed E-state index contributed by atoms with van der Waals surface area (Å²) in [5.41, 5.74) is 20.5. The Morgan fingerprint density at radius 3 is 1.58 bits per heavy atom. The summed E-state index contributed by atoms with van der Waals surface area (Å²) in [6.45, 7) is 18.9. The summed E-state index contributed by atoms with van der Waals surface area (Å²) >= 11 is 8.17. The molecule has 0 saturated carbocycles. The maximum absolute atomic E-state index is 8.17. The van der Waals surface area contributed by atoms with Gasteiger partial charge in [0.1, 0.15) is 0 Å². The van der Waals surface area contributed by atoms with E-state index in [0.717, 1.165) is 59.9 Å². The third-order valence-electron chi connectivity index (χ3n) is 14.6. The summed E-state index contributed by atoms with van der Waals surface area (Å²) in [5, 5.41) is 0.747. The Hall–Kier alpha value is -4.79. The second-order valence-corrected chi connectivity index (χ2v) is 21.5. The van der Waals surface area contributed by atoms with Crippen molar-refractivity contribution in [3.8, 4) is 11.1 Å². The highest BCUT2D eigenvalue weighted by Crippen LogP contribution is 2.53. The zero-order chi connectivity index (χ0) is 43.4. The van der Waals surface area contributed by atoms with E-state index in [1.54, 1.807) is 0 Å². The van der Waals surface area contributed by atoms with Crippen LogP contribution in [0.3, 0.4) is 0 Å². The Balaban J connectivity index is 1.31. The molecule has 0 atom stereocenters. The van der Waals surface area contributed by atoms with Gasteiger partial charge >= 0.3 is 0 Å². The quantitative estimate of drug-likeness (QED) is 0.148. The van der Waals surface area contributed by atoms with Crippen LogP contribution >= 0.6 is 11.6 Å². The first kappa shape index (κ1) is 42.5. The van der Waals surface area contributed by atoms with E-state index in [1.165, 1.54) is 112 Å². The second kappa shape index (κ2) is 16.7. The average molecular weight is 840 g/mol. The molecule has 9 rings (SSSR count). The van der Waals surface area contributed by atoms with Crippen molar-refractivity contribution >= 4 is 45.7 Å². The molecule has 0 aliphatic heterocycles. The van der Waals surface area contributed by atoms with Gasteiger partial charge in [0.15, 0.2) is 0 Å². The monoisotopic (exact) mass is 838 g/mol. The fourth-order valence-electron chi connectivity index (χ4n) is 10.7. The molecule has 0 unspecified atom stereocenters. The standard InChI is InChI=1S/C59H67ClN2/c1-40-34-54(61(47-27-24-41-18-12-9-16-22-44(41)36-47)48-28-25-42-19-13-10-17-23-45(42)37-48)56(60)55(35-40)62(49-29-30-51-52(39-49)59(7,8)33-32-58(51,5)6)53-31-26-46(57(2,3)4)38-50(53)43-20-14-11-15-21-43/h11,14-15,20-21,24-31,34-39H,9-10,12-13,16-19,22-23,32-33H2,1-8H3. The lowest BCUT2D eigenvalue weighted by Crippen LogP contribution is -2.34. The minimum atomic E-state index is -0.0231. The Kier molecular flexibility index (Phi) is 11.5. The van der Waals surface area contributed by atoms with Gasteiger partial charge in [-0.2, -0.15) is 0 Å². The van der Waals surface area contributed by atoms with Crippen molar-refractivity contribution in [2.24, 2.45) is 0 Å². The molecule has 0 aromatic heterocycles. The molecule has 0 N–H and O–H groups in total. The van der Waals surface area contributed by atoms with Crippen molar-refractivity contribution in [2.45, 2.75) is 149 Å². The normalized spacial score (nSPS) is 16.9. The van der Waals surface area contributed by atoms with Crippen LogP contribution in [0.5, 0.6) is 0 Å². The highest BCUT2D eigenvalue weighted by atomic mass is 35.5. The number of anilines is 6. The first-order valence-corrected chi connectivity index (χ1v) is 24.0. The predicted molar refractivity (Wildman–Crippen MR) is 267 cm³/mol. The molecule has 0 saturated heterocycles. The number of nitrogens with zero attached hydrogens (tertiary/aromatic N) is 2. The maximum atomic E-state index is 8.17. The van der Waals surface area contributed by atoms with Crippen molar-refractivity contribution in [3.05, 3.63) is 165 Å². The molecule has 0 heterocycles. The average Bonchev–Trinajstić information content (AvgIpc) is 3.65. The van der Waals surface area contributed by atoms with Crippen LogP contribution in [0.4, 0.5) is 34.1 Å². The lowest BCUT2D eigenvalue weighted by Gasteiger charge is -2.42. The molecular formula is C59H67ClN2. The third kappa shape index (κ3) is 8.25. The molecule has 3 heteroatoms. The lowest BCUT2D eigenvalue weighted by molar-refractivity contribution is 0.332. The molecule has 6 aromatic carbocycles. The van der Waals surface area contributed by atoms with E-state index >= 15 is 0 Å². The largest absolute Gasteiger partial charge is 0.309 e. The van der Waals surface area contributed by atoms with Crippen LogP contribution in [0.1, 0.15) is 144 Å². The van der Waals surface area contributed by atoms with Crippen LogP contribution < -0.4 is 9.80 Å². The van der Waals surface area contributed by atoms with Crippen LogP contribution in [0, 0.1) is 6.92 Å². The van der Waals surface area contributed by atoms with Gasteiger partial charge in [-0.25, -0.2) is 0 Å². The molecule has 0 amide bonds. The molecule has 6 aromatic rings. The number of hydrogen-bond acceptors (Lipinski definition) is 2. The van der Waals surface area contributed by atoms with Crippen LogP contribution in [0.2, 0.25) is 5.02 Å². The summed E-state index contributed by atoms with van der Waals surface area (Å²) in [6.07, 6.45) is 14.5. The number of hydrogen-bond donors (Lipinski definition) is 0. The first-order chi connectivity index (χ1) is 29.7. The lowest BCUT2D eigenvalue weighted by atomic mass is 9.63. The Bertz CT molecular complexity index is 2550. The Labute approximate surface area is 378 Å². The van der Waals surface area contributed by atoms with Gasteiger partial charge in [0.2, 0.25) is 0 Å². The van der Waals surface area contributed by atoms with E-state index in [2.05, 4.69) is 180 Å². The zero-order valence-electron chi connectivity index (χ0n) is 38.7. The van der Waals surface area contributed by atoms with Gasteiger partial charge in [0.05, 0.1) is 22.1 Å². The van der Waals surface area contributed by atoms with E-state index in [0.29, 0.717) is 0 Å². The van der Waals surface area contributed by atoms with E-state index in [9.17, 15) is 0 Å². The molecule has 0 bridgehead atoms. The minimum Gasteiger partial charge on any atom is -0.309 e. The summed E-state index contributed by atoms with van der Waals surface area (Å²) in [5.74, 6) is 0. The summed E-state index contributed by atoms with van der Waals surface area (Å²) in [4.78, 5) is 4.96. The molecule has 0 fully saturated rings. The van der Waals surface area contributed by atoms with Crippen molar-refractivity contribution in [2.75, 3.05) is 9.80 Å². The van der Waals surface area contributed by atoms with Crippen molar-refractivity contribution in [1.29, 1.82) is 0 Å². The van der Waals surface area contributed by atoms with Crippen LogP contribution in [0.25, 0.3) is 11.1 Å². The molecule has 3 aliphatic carbocycles. The Morgan fingerprint density at radius 1 is 0.484 bits per heavy atom. The van der Waals surface area contributed by atoms with Gasteiger partial charge in [0, 0.05) is 22.6 Å². The molecular weight excluding hydrogens is 772 g/mol. The van der Waals surface area contributed by atoms with Crippen molar-refractivity contribution in [1.82, 2.24) is 0 Å². The van der Waals surface area contributed by atoms with Gasteiger partial charge in [-0.05, 0) is 198 Å². The van der Waals surface area contributed by atoms with E-state index in [4.69, 9.17) is 11.6 Å². The number of fused-ring (bicyclic) bond motifs is 3. The second-order valence-electron chi connectivity index (χ2n) is 21.2. The molecule has 3 aliphatic rings. The molecule has 0 spiro atoms. The summed E-state index contributed by atoms with van der Waals surface area (Å²) in [7, 11) is 0. The molecule has 320 valence electrons. The number of halogens is 1. The van der Waals surface area contributed by atoms with E-state index < -0.39 is 0 Å². The number of rotatable bonds is 7. The molecule has 2 nitrogen and oxygen atoms in total. The van der Waals surface area contributed by atoms with Gasteiger partial charge in [-0.15, -0.1) is 0 Å². The maximum Gasteiger partial charge on any atom is 0.0887 e. The number of benzene rings is 6. The first-order valence-electron chi connectivity index (χ1n) is 23.7. The van der Waals surface area contributed by atoms with E-state index in [1.807, 2.05) is 0 Å². The topological polar surface area (TPSA) is 6.48 Å². The number of aryl methyl sites for hydroxylation is 5. The summed E-state index contributed by atoms with van der Waals surface area (Å²) < 4.78 is 0. The van der Waals surface area contributed by atoms with Gasteiger partial charge < -0.3 is 9.80 Å². The third-order valence-corrected chi connectivity index (χ3v) is 15.0. The predicted octanol–water partition coefficient (Wildman–Crippen LogP) is 17.4. The minimum absolute atomic E-state index is 0.0231. The summed E-state index contributed by atoms with van der Waals surface area (Å²) in [6, 6.07) is 44.5. The molecule has 62 heavy (non-hydrogen) atoms. The fourth-order valence-corrected chi connectivity index (χ4v) is 11.0. The molecule has 0 radical (unpaired) electrons. The van der Waals surface area contributed by atoms with Crippen LogP contribution in [-0.4, -0.2) is 0 Å². The van der Waals surface area contributed by atoms with Crippen LogP contribution in [0.15, 0.2) is 115 Å². The SMILES string of the molecule is Cc1cc(N(c2ccc3c(c2)CCCCC3)c2ccc3c(c2)CCCCC3)c(Cl)c(N(c2ccc3c(c2)C(C)(C)CCC3(C)C)c2ccc(C(C)(C)C)cc2-c2ccccc2)c1. The highest BCUT2D eigenvalue weighted by Gasteiger charge is 2.38. The van der Waals surface area contributed by atoms with Gasteiger partial charge in [0.25, 0.3) is 0 Å². The van der Waals surface area contributed by atoms with Gasteiger partial charge in [-0.3, -0.25) is 0 Å².